The van der Waals surface area contributed by atoms with Crippen molar-refractivity contribution in [1.29, 1.82) is 0 Å². The van der Waals surface area contributed by atoms with Crippen molar-refractivity contribution in [2.75, 3.05) is 32.8 Å². The second-order valence-electron chi connectivity index (χ2n) is 9.19. The molecule has 174 valence electrons. The van der Waals surface area contributed by atoms with Gasteiger partial charge in [0.2, 0.25) is 5.91 Å². The number of alkyl halides is 3. The van der Waals surface area contributed by atoms with Gasteiger partial charge in [-0.3, -0.25) is 4.79 Å². The molecule has 3 saturated heterocycles. The number of halogens is 4. The van der Waals surface area contributed by atoms with E-state index in [9.17, 15) is 27.2 Å². The molecule has 7 nitrogen and oxygen atoms in total. The molecule has 4 fully saturated rings. The molecule has 1 N–H and O–H groups in total. The number of fused-ring (bicyclic) bond motifs is 1. The number of morpholine rings is 1. The van der Waals surface area contributed by atoms with Crippen molar-refractivity contribution in [3.63, 3.8) is 0 Å². The number of carbonyl (C=O) groups is 2. The highest BCUT2D eigenvalue weighted by atomic mass is 19.4. The molecule has 1 aromatic rings. The van der Waals surface area contributed by atoms with Crippen LogP contribution >= 0.6 is 0 Å². The quantitative estimate of drug-likeness (QED) is 0.693. The van der Waals surface area contributed by atoms with Gasteiger partial charge < -0.3 is 24.6 Å². The summed E-state index contributed by atoms with van der Waals surface area (Å²) in [6.45, 7) is 2.17. The van der Waals surface area contributed by atoms with Gasteiger partial charge in [-0.05, 0) is 37.5 Å². The predicted octanol–water partition coefficient (Wildman–Crippen LogP) is 2.40. The van der Waals surface area contributed by atoms with Gasteiger partial charge in [-0.1, -0.05) is 0 Å². The Balaban J connectivity index is 1.10. The van der Waals surface area contributed by atoms with Gasteiger partial charge in [0.25, 0.3) is 0 Å². The Bertz CT molecular complexity index is 926. The van der Waals surface area contributed by atoms with E-state index in [-0.39, 0.29) is 48.0 Å². The number of hydrogen-bond acceptors (Lipinski definition) is 4. The van der Waals surface area contributed by atoms with E-state index in [1.54, 1.807) is 9.80 Å². The van der Waals surface area contributed by atoms with E-state index in [1.807, 2.05) is 0 Å². The van der Waals surface area contributed by atoms with E-state index < -0.39 is 17.6 Å². The van der Waals surface area contributed by atoms with Crippen LogP contribution in [-0.4, -0.2) is 72.8 Å². The van der Waals surface area contributed by atoms with Gasteiger partial charge in [-0.25, -0.2) is 9.18 Å². The standard InChI is InChI=1S/C21H23F4N3O4/c22-14-5-12(21(23,24)25)1-2-16(14)32-13-6-20(7-13)10-28(11-20)19(30)27-4-3-17-15(8-27)26-18(29)9-31-17/h1-2,5,13,15,17H,3-4,6-11H2,(H,26,29)/t15-,17+/m1/s1. The maximum Gasteiger partial charge on any atom is 0.416 e. The van der Waals surface area contributed by atoms with Crippen molar-refractivity contribution in [1.82, 2.24) is 15.1 Å². The molecule has 3 heterocycles. The average Bonchev–Trinajstić information content (AvgIpc) is 2.68. The molecule has 2 atom stereocenters. The summed E-state index contributed by atoms with van der Waals surface area (Å²) in [5.74, 6) is -1.40. The number of ether oxygens (including phenoxy) is 2. The molecule has 0 bridgehead atoms. The van der Waals surface area contributed by atoms with Crippen LogP contribution in [0.15, 0.2) is 18.2 Å². The van der Waals surface area contributed by atoms with Crippen molar-refractivity contribution in [3.05, 3.63) is 29.6 Å². The molecule has 3 aliphatic heterocycles. The fourth-order valence-electron chi connectivity index (χ4n) is 5.17. The Kier molecular flexibility index (Phi) is 4.99. The number of urea groups is 1. The van der Waals surface area contributed by atoms with Crippen LogP contribution < -0.4 is 10.1 Å². The summed E-state index contributed by atoms with van der Waals surface area (Å²) in [6, 6.07) is 1.99. The van der Waals surface area contributed by atoms with Gasteiger partial charge in [0.05, 0.1) is 17.7 Å². The molecule has 11 heteroatoms. The third-order valence-corrected chi connectivity index (χ3v) is 6.79. The van der Waals surface area contributed by atoms with Crippen LogP contribution in [0.25, 0.3) is 0 Å². The van der Waals surface area contributed by atoms with E-state index in [4.69, 9.17) is 9.47 Å². The lowest BCUT2D eigenvalue weighted by Crippen LogP contribution is -2.69. The summed E-state index contributed by atoms with van der Waals surface area (Å²) in [5.41, 5.74) is -1.13. The van der Waals surface area contributed by atoms with E-state index in [2.05, 4.69) is 5.32 Å². The minimum Gasteiger partial charge on any atom is -0.487 e. The van der Waals surface area contributed by atoms with Gasteiger partial charge in [0.15, 0.2) is 11.6 Å². The van der Waals surface area contributed by atoms with Crippen LogP contribution in [0.4, 0.5) is 22.4 Å². The summed E-state index contributed by atoms with van der Waals surface area (Å²) in [4.78, 5) is 27.8. The molecule has 1 aliphatic carbocycles. The second-order valence-corrected chi connectivity index (χ2v) is 9.19. The minimum absolute atomic E-state index is 0.0589. The molecular weight excluding hydrogens is 434 g/mol. The molecule has 0 radical (unpaired) electrons. The summed E-state index contributed by atoms with van der Waals surface area (Å²) < 4.78 is 63.0. The summed E-state index contributed by atoms with van der Waals surface area (Å²) >= 11 is 0. The second kappa shape index (κ2) is 7.50. The van der Waals surface area contributed by atoms with Gasteiger partial charge in [-0.15, -0.1) is 0 Å². The number of nitrogens with zero attached hydrogens (tertiary/aromatic N) is 2. The minimum atomic E-state index is -4.60. The van der Waals surface area contributed by atoms with Gasteiger partial charge in [-0.2, -0.15) is 13.2 Å². The summed E-state index contributed by atoms with van der Waals surface area (Å²) in [5, 5.41) is 2.88. The van der Waals surface area contributed by atoms with Crippen molar-refractivity contribution >= 4 is 11.9 Å². The number of rotatable bonds is 2. The zero-order valence-electron chi connectivity index (χ0n) is 17.2. The van der Waals surface area contributed by atoms with E-state index in [0.717, 1.165) is 12.1 Å². The zero-order chi connectivity index (χ0) is 22.7. The molecule has 32 heavy (non-hydrogen) atoms. The molecular formula is C21H23F4N3O4. The molecule has 4 aliphatic rings. The van der Waals surface area contributed by atoms with Gasteiger partial charge in [0, 0.05) is 31.6 Å². The first-order valence-electron chi connectivity index (χ1n) is 10.6. The first kappa shape index (κ1) is 21.3. The maximum atomic E-state index is 14.0. The Morgan fingerprint density at radius 3 is 2.66 bits per heavy atom. The first-order chi connectivity index (χ1) is 15.1. The highest BCUT2D eigenvalue weighted by Crippen LogP contribution is 2.50. The molecule has 5 rings (SSSR count). The number of piperidine rings is 1. The third-order valence-electron chi connectivity index (χ3n) is 6.79. The van der Waals surface area contributed by atoms with E-state index in [1.165, 1.54) is 0 Å². The Morgan fingerprint density at radius 2 is 1.97 bits per heavy atom. The Labute approximate surface area is 181 Å². The number of benzene rings is 1. The lowest BCUT2D eigenvalue weighted by molar-refractivity contribution is -0.140. The Hall–Kier alpha value is -2.56. The number of nitrogens with one attached hydrogen (secondary N) is 1. The molecule has 1 aromatic carbocycles. The molecule has 3 amide bonds. The SMILES string of the molecule is O=C1CO[C@H]2CCN(C(=O)N3CC4(CC(Oc5ccc(C(F)(F)F)cc5F)C4)C3)C[C@H]2N1. The zero-order valence-corrected chi connectivity index (χ0v) is 17.2. The molecule has 1 spiro atoms. The number of amides is 3. The van der Waals surface area contributed by atoms with Crippen LogP contribution in [0.5, 0.6) is 5.75 Å². The third kappa shape index (κ3) is 3.87. The monoisotopic (exact) mass is 457 g/mol. The van der Waals surface area contributed by atoms with Crippen molar-refractivity contribution in [3.8, 4) is 5.75 Å². The predicted molar refractivity (Wildman–Crippen MR) is 102 cm³/mol. The van der Waals surface area contributed by atoms with Crippen molar-refractivity contribution in [2.45, 2.75) is 43.7 Å². The summed E-state index contributed by atoms with van der Waals surface area (Å²) in [7, 11) is 0. The van der Waals surface area contributed by atoms with Gasteiger partial charge in [0.1, 0.15) is 12.7 Å². The number of carbonyl (C=O) groups excluding carboxylic acids is 2. The highest BCUT2D eigenvalue weighted by molar-refractivity contribution is 5.79. The van der Waals surface area contributed by atoms with Crippen molar-refractivity contribution < 1.29 is 36.6 Å². The van der Waals surface area contributed by atoms with E-state index >= 15 is 0 Å². The first-order valence-corrected chi connectivity index (χ1v) is 10.6. The smallest absolute Gasteiger partial charge is 0.416 e. The maximum absolute atomic E-state index is 14.0. The average molecular weight is 457 g/mol. The highest BCUT2D eigenvalue weighted by Gasteiger charge is 2.55. The summed E-state index contributed by atoms with van der Waals surface area (Å²) in [6.07, 6.45) is -3.05. The number of hydrogen-bond donors (Lipinski definition) is 1. The van der Waals surface area contributed by atoms with E-state index in [0.29, 0.717) is 51.5 Å². The molecule has 1 saturated carbocycles. The van der Waals surface area contributed by atoms with Crippen LogP contribution in [-0.2, 0) is 15.7 Å². The van der Waals surface area contributed by atoms with Gasteiger partial charge >= 0.3 is 12.2 Å². The normalized spacial score (nSPS) is 27.3. The Morgan fingerprint density at radius 1 is 1.22 bits per heavy atom. The van der Waals surface area contributed by atoms with Crippen molar-refractivity contribution in [2.24, 2.45) is 5.41 Å². The van der Waals surface area contributed by atoms with Crippen LogP contribution in [0.3, 0.4) is 0 Å². The fourth-order valence-corrected chi connectivity index (χ4v) is 5.17. The van der Waals surface area contributed by atoms with Crippen LogP contribution in [0, 0.1) is 11.2 Å². The number of likely N-dealkylation sites (tertiary alicyclic amines) is 2. The van der Waals surface area contributed by atoms with Crippen LogP contribution in [0.1, 0.15) is 24.8 Å². The largest absolute Gasteiger partial charge is 0.487 e. The van der Waals surface area contributed by atoms with Crippen LogP contribution in [0.2, 0.25) is 0 Å². The topological polar surface area (TPSA) is 71.1 Å². The molecule has 0 aromatic heterocycles. The lowest BCUT2D eigenvalue weighted by atomic mass is 9.62. The fraction of sp³-hybridized carbons (Fsp3) is 0.619. The lowest BCUT2D eigenvalue weighted by Gasteiger charge is -2.59. The molecule has 0 unspecified atom stereocenters.